The van der Waals surface area contributed by atoms with Crippen LogP contribution in [0.3, 0.4) is 0 Å². The summed E-state index contributed by atoms with van der Waals surface area (Å²) in [7, 11) is 1.91. The summed E-state index contributed by atoms with van der Waals surface area (Å²) in [6.45, 7) is 4.37. The maximum Gasteiger partial charge on any atom is 0.227 e. The van der Waals surface area contributed by atoms with E-state index < -0.39 is 0 Å². The molecule has 0 aliphatic carbocycles. The van der Waals surface area contributed by atoms with Crippen LogP contribution >= 0.6 is 12.4 Å². The van der Waals surface area contributed by atoms with E-state index in [-0.39, 0.29) is 23.7 Å². The average Bonchev–Trinajstić information content (AvgIpc) is 3.00. The van der Waals surface area contributed by atoms with Crippen LogP contribution in [0, 0.1) is 5.41 Å². The van der Waals surface area contributed by atoms with Gasteiger partial charge in [-0.2, -0.15) is 5.10 Å². The predicted molar refractivity (Wildman–Crippen MR) is 97.9 cm³/mol. The van der Waals surface area contributed by atoms with Crippen molar-refractivity contribution in [2.45, 2.75) is 26.3 Å². The molecular formula is C18H25ClN4O. The lowest BCUT2D eigenvalue weighted by atomic mass is 9.82. The maximum atomic E-state index is 12.5. The van der Waals surface area contributed by atoms with Crippen LogP contribution in [0.2, 0.25) is 0 Å². The number of hydrogen-bond acceptors (Lipinski definition) is 3. The first-order valence-corrected chi connectivity index (χ1v) is 8.14. The Kier molecular flexibility index (Phi) is 6.02. The lowest BCUT2D eigenvalue weighted by Gasteiger charge is -2.32. The van der Waals surface area contributed by atoms with Crippen molar-refractivity contribution in [2.24, 2.45) is 12.5 Å². The minimum atomic E-state index is -0.292. The molecule has 1 aromatic heterocycles. The smallest absolute Gasteiger partial charge is 0.227 e. The van der Waals surface area contributed by atoms with E-state index in [2.05, 4.69) is 27.9 Å². The van der Waals surface area contributed by atoms with E-state index in [1.807, 2.05) is 38.5 Å². The summed E-state index contributed by atoms with van der Waals surface area (Å²) in [6, 6.07) is 8.24. The number of carbonyl (C=O) groups excluding carboxylic acids is 1. The number of benzene rings is 1. The third-order valence-electron chi connectivity index (χ3n) is 4.56. The van der Waals surface area contributed by atoms with Gasteiger partial charge in [0.1, 0.15) is 0 Å². The van der Waals surface area contributed by atoms with Crippen LogP contribution in [0.15, 0.2) is 36.7 Å². The van der Waals surface area contributed by atoms with E-state index in [1.165, 1.54) is 0 Å². The molecule has 1 aliphatic heterocycles. The summed E-state index contributed by atoms with van der Waals surface area (Å²) in [5, 5.41) is 10.6. The lowest BCUT2D eigenvalue weighted by Crippen LogP contribution is -2.48. The van der Waals surface area contributed by atoms with Crippen molar-refractivity contribution in [2.75, 3.05) is 13.1 Å². The standard InChI is InChI=1S/C18H24N4O.ClH/c1-18(7-4-8-19-13-18)17(23)20-10-14-5-3-6-15(9-14)16-11-21-22(2)12-16;/h3,5-6,9,11-12,19H,4,7-8,10,13H2,1-2H3,(H,20,23);1H. The predicted octanol–water partition coefficient (Wildman–Crippen LogP) is 2.51. The Morgan fingerprint density at radius 1 is 1.42 bits per heavy atom. The molecule has 1 amide bonds. The number of nitrogens with zero attached hydrogens (tertiary/aromatic N) is 2. The molecule has 2 aromatic rings. The molecule has 3 rings (SSSR count). The van der Waals surface area contributed by atoms with Crippen LogP contribution in [-0.2, 0) is 18.4 Å². The summed E-state index contributed by atoms with van der Waals surface area (Å²) in [6.07, 6.45) is 5.85. The third-order valence-corrected chi connectivity index (χ3v) is 4.56. The zero-order valence-corrected chi connectivity index (χ0v) is 15.0. The van der Waals surface area contributed by atoms with Crippen molar-refractivity contribution in [3.05, 3.63) is 42.2 Å². The topological polar surface area (TPSA) is 59.0 Å². The van der Waals surface area contributed by atoms with Crippen LogP contribution in [0.4, 0.5) is 0 Å². The van der Waals surface area contributed by atoms with Crippen LogP contribution < -0.4 is 10.6 Å². The van der Waals surface area contributed by atoms with Gasteiger partial charge in [0.2, 0.25) is 5.91 Å². The van der Waals surface area contributed by atoms with E-state index in [4.69, 9.17) is 0 Å². The molecule has 0 spiro atoms. The molecule has 1 aliphatic rings. The summed E-state index contributed by atoms with van der Waals surface area (Å²) < 4.78 is 1.79. The first kappa shape index (κ1) is 18.5. The zero-order chi connectivity index (χ0) is 16.3. The highest BCUT2D eigenvalue weighted by atomic mass is 35.5. The Labute approximate surface area is 149 Å². The van der Waals surface area contributed by atoms with Crippen molar-refractivity contribution < 1.29 is 4.79 Å². The van der Waals surface area contributed by atoms with E-state index in [0.29, 0.717) is 6.54 Å². The van der Waals surface area contributed by atoms with Gasteiger partial charge >= 0.3 is 0 Å². The Balaban J connectivity index is 0.00000208. The van der Waals surface area contributed by atoms with Crippen LogP contribution in [-0.4, -0.2) is 28.8 Å². The van der Waals surface area contributed by atoms with Crippen LogP contribution in [0.25, 0.3) is 11.1 Å². The van der Waals surface area contributed by atoms with E-state index in [1.54, 1.807) is 4.68 Å². The van der Waals surface area contributed by atoms with Gasteiger partial charge in [-0.1, -0.05) is 18.2 Å². The maximum absolute atomic E-state index is 12.5. The zero-order valence-electron chi connectivity index (χ0n) is 14.2. The summed E-state index contributed by atoms with van der Waals surface area (Å²) in [5.74, 6) is 0.136. The number of hydrogen-bond donors (Lipinski definition) is 2. The van der Waals surface area contributed by atoms with Crippen molar-refractivity contribution >= 4 is 18.3 Å². The molecule has 1 atom stereocenters. The summed E-state index contributed by atoms with van der Waals surface area (Å²) in [5.41, 5.74) is 3.02. The number of piperidine rings is 1. The molecule has 0 radical (unpaired) electrons. The largest absolute Gasteiger partial charge is 0.352 e. The molecule has 5 nitrogen and oxygen atoms in total. The fraction of sp³-hybridized carbons (Fsp3) is 0.444. The van der Waals surface area contributed by atoms with E-state index >= 15 is 0 Å². The Hall–Kier alpha value is -1.85. The molecule has 0 bridgehead atoms. The molecule has 1 fully saturated rings. The number of nitrogens with one attached hydrogen (secondary N) is 2. The molecule has 6 heteroatoms. The molecular weight excluding hydrogens is 324 g/mol. The SMILES string of the molecule is Cl.Cn1cc(-c2cccc(CNC(=O)C3(C)CCCNC3)c2)cn1. The molecule has 1 unspecified atom stereocenters. The van der Waals surface area contributed by atoms with Gasteiger partial charge in [-0.3, -0.25) is 9.48 Å². The molecule has 24 heavy (non-hydrogen) atoms. The van der Waals surface area contributed by atoms with Gasteiger partial charge in [0, 0.05) is 31.9 Å². The summed E-state index contributed by atoms with van der Waals surface area (Å²) >= 11 is 0. The van der Waals surface area contributed by atoms with Crippen LogP contribution in [0.5, 0.6) is 0 Å². The summed E-state index contributed by atoms with van der Waals surface area (Å²) in [4.78, 5) is 12.5. The second kappa shape index (κ2) is 7.81. The molecule has 0 saturated carbocycles. The quantitative estimate of drug-likeness (QED) is 0.892. The van der Waals surface area contributed by atoms with Crippen molar-refractivity contribution in [1.29, 1.82) is 0 Å². The molecule has 130 valence electrons. The first-order chi connectivity index (χ1) is 11.1. The van der Waals surface area contributed by atoms with Gasteiger partial charge in [-0.05, 0) is 43.5 Å². The van der Waals surface area contributed by atoms with Gasteiger partial charge in [-0.15, -0.1) is 12.4 Å². The Bertz CT molecular complexity index is 692. The minimum Gasteiger partial charge on any atom is -0.352 e. The van der Waals surface area contributed by atoms with Crippen LogP contribution in [0.1, 0.15) is 25.3 Å². The number of carbonyl (C=O) groups is 1. The number of amides is 1. The molecule has 1 aromatic carbocycles. The van der Waals surface area contributed by atoms with Gasteiger partial charge in [-0.25, -0.2) is 0 Å². The monoisotopic (exact) mass is 348 g/mol. The van der Waals surface area contributed by atoms with Gasteiger partial charge in [0.25, 0.3) is 0 Å². The highest BCUT2D eigenvalue weighted by Crippen LogP contribution is 2.26. The van der Waals surface area contributed by atoms with E-state index in [0.717, 1.165) is 42.6 Å². The second-order valence-electron chi connectivity index (χ2n) is 6.63. The molecule has 1 saturated heterocycles. The van der Waals surface area contributed by atoms with Crippen molar-refractivity contribution in [3.8, 4) is 11.1 Å². The van der Waals surface area contributed by atoms with Crippen molar-refractivity contribution in [3.63, 3.8) is 0 Å². The Morgan fingerprint density at radius 2 is 2.25 bits per heavy atom. The average molecular weight is 349 g/mol. The number of halogens is 1. The van der Waals surface area contributed by atoms with Gasteiger partial charge in [0.05, 0.1) is 11.6 Å². The Morgan fingerprint density at radius 3 is 2.92 bits per heavy atom. The highest BCUT2D eigenvalue weighted by molar-refractivity contribution is 5.85. The first-order valence-electron chi connectivity index (χ1n) is 8.14. The number of rotatable bonds is 4. The van der Waals surface area contributed by atoms with E-state index in [9.17, 15) is 4.79 Å². The van der Waals surface area contributed by atoms with Gasteiger partial charge in [0.15, 0.2) is 0 Å². The second-order valence-corrected chi connectivity index (χ2v) is 6.63. The fourth-order valence-electron chi connectivity index (χ4n) is 3.08. The fourth-order valence-corrected chi connectivity index (χ4v) is 3.08. The normalized spacial score (nSPS) is 20.2. The highest BCUT2D eigenvalue weighted by Gasteiger charge is 2.34. The lowest BCUT2D eigenvalue weighted by molar-refractivity contribution is -0.131. The van der Waals surface area contributed by atoms with Gasteiger partial charge < -0.3 is 10.6 Å². The molecule has 2 heterocycles. The van der Waals surface area contributed by atoms with Crippen molar-refractivity contribution in [1.82, 2.24) is 20.4 Å². The molecule has 2 N–H and O–H groups in total. The number of aromatic nitrogens is 2. The minimum absolute atomic E-state index is 0. The number of aryl methyl sites for hydroxylation is 1. The third kappa shape index (κ3) is 4.16.